The maximum atomic E-state index is 12.2. The molecule has 0 aromatic carbocycles. The third-order valence-corrected chi connectivity index (χ3v) is 3.24. The van der Waals surface area contributed by atoms with Crippen molar-refractivity contribution in [1.82, 2.24) is 19.6 Å². The van der Waals surface area contributed by atoms with Crippen LogP contribution in [-0.2, 0) is 18.3 Å². The minimum Gasteiger partial charge on any atom is -0.309 e. The lowest BCUT2D eigenvalue weighted by atomic mass is 10.2. The van der Waals surface area contributed by atoms with Crippen molar-refractivity contribution in [2.75, 3.05) is 5.32 Å². The summed E-state index contributed by atoms with van der Waals surface area (Å²) < 4.78 is 3.34. The molecule has 0 aliphatic carbocycles. The van der Waals surface area contributed by atoms with E-state index in [1.807, 2.05) is 20.9 Å². The molecule has 2 aromatic heterocycles. The van der Waals surface area contributed by atoms with Gasteiger partial charge in [-0.3, -0.25) is 14.2 Å². The number of nitrogens with zero attached hydrogens (tertiary/aromatic N) is 4. The van der Waals surface area contributed by atoms with E-state index in [0.717, 1.165) is 23.5 Å². The van der Waals surface area contributed by atoms with Crippen molar-refractivity contribution >= 4 is 11.7 Å². The number of nitrogens with one attached hydrogen (secondary N) is 1. The molecule has 6 heteroatoms. The summed E-state index contributed by atoms with van der Waals surface area (Å²) in [6.45, 7) is 5.82. The van der Waals surface area contributed by atoms with E-state index in [2.05, 4.69) is 22.4 Å². The van der Waals surface area contributed by atoms with Gasteiger partial charge in [0.1, 0.15) is 11.9 Å². The third kappa shape index (κ3) is 2.52. The van der Waals surface area contributed by atoms with Crippen molar-refractivity contribution in [2.24, 2.45) is 7.05 Å². The van der Waals surface area contributed by atoms with Gasteiger partial charge in [-0.15, -0.1) is 0 Å². The van der Waals surface area contributed by atoms with Gasteiger partial charge in [-0.05, 0) is 26.3 Å². The average Bonchev–Trinajstić information content (AvgIpc) is 2.98. The smallest absolute Gasteiger partial charge is 0.250 e. The molecule has 0 radical (unpaired) electrons. The number of hydrogen-bond donors (Lipinski definition) is 1. The molecule has 6 nitrogen and oxygen atoms in total. The molecule has 1 unspecified atom stereocenters. The molecule has 2 rings (SSSR count). The Morgan fingerprint density at radius 3 is 2.84 bits per heavy atom. The molecule has 1 N–H and O–H groups in total. The van der Waals surface area contributed by atoms with E-state index in [4.69, 9.17) is 0 Å². The van der Waals surface area contributed by atoms with Gasteiger partial charge in [-0.2, -0.15) is 10.2 Å². The van der Waals surface area contributed by atoms with Gasteiger partial charge in [-0.1, -0.05) is 6.92 Å². The summed E-state index contributed by atoms with van der Waals surface area (Å²) in [7, 11) is 1.83. The van der Waals surface area contributed by atoms with E-state index < -0.39 is 0 Å². The molecule has 19 heavy (non-hydrogen) atoms. The molecule has 0 aliphatic heterocycles. The lowest BCUT2D eigenvalue weighted by Gasteiger charge is -2.13. The van der Waals surface area contributed by atoms with Crippen molar-refractivity contribution in [1.29, 1.82) is 0 Å². The normalized spacial score (nSPS) is 12.4. The molecule has 0 spiro atoms. The molecule has 2 heterocycles. The first kappa shape index (κ1) is 13.3. The van der Waals surface area contributed by atoms with Crippen molar-refractivity contribution in [2.45, 2.75) is 33.2 Å². The van der Waals surface area contributed by atoms with Gasteiger partial charge in [0.15, 0.2) is 0 Å². The summed E-state index contributed by atoms with van der Waals surface area (Å²) in [6.07, 6.45) is 4.28. The van der Waals surface area contributed by atoms with Crippen LogP contribution in [0.2, 0.25) is 0 Å². The summed E-state index contributed by atoms with van der Waals surface area (Å²) in [5, 5.41) is 11.4. The summed E-state index contributed by atoms with van der Waals surface area (Å²) >= 11 is 0. The predicted molar refractivity (Wildman–Crippen MR) is 72.9 cm³/mol. The summed E-state index contributed by atoms with van der Waals surface area (Å²) in [4.78, 5) is 12.2. The Bertz CT molecular complexity index is 570. The molecule has 0 saturated heterocycles. The first-order chi connectivity index (χ1) is 9.04. The molecular weight excluding hydrogens is 242 g/mol. The first-order valence-electron chi connectivity index (χ1n) is 6.37. The summed E-state index contributed by atoms with van der Waals surface area (Å²) in [6, 6.07) is 1.45. The van der Waals surface area contributed by atoms with Crippen LogP contribution in [0.25, 0.3) is 0 Å². The molecule has 0 fully saturated rings. The molecular formula is C13H19N5O. The third-order valence-electron chi connectivity index (χ3n) is 3.24. The average molecular weight is 261 g/mol. The van der Waals surface area contributed by atoms with Crippen LogP contribution in [-0.4, -0.2) is 25.5 Å². The lowest BCUT2D eigenvalue weighted by Crippen LogP contribution is -2.25. The van der Waals surface area contributed by atoms with Crippen LogP contribution in [0.4, 0.5) is 5.82 Å². The number of aromatic nitrogens is 4. The monoisotopic (exact) mass is 261 g/mol. The standard InChI is InChI=1S/C13H19N5O/c1-5-11-9(2)16-17(4)12(11)15-13(19)10(3)18-8-6-7-14-18/h6-8,10H,5H2,1-4H3,(H,15,19). The van der Waals surface area contributed by atoms with Crippen LogP contribution in [0, 0.1) is 6.92 Å². The number of rotatable bonds is 4. The number of aryl methyl sites for hydroxylation is 2. The number of amides is 1. The molecule has 102 valence electrons. The van der Waals surface area contributed by atoms with Crippen molar-refractivity contribution in [3.63, 3.8) is 0 Å². The van der Waals surface area contributed by atoms with Crippen LogP contribution in [0.1, 0.15) is 31.1 Å². The van der Waals surface area contributed by atoms with Crippen LogP contribution in [0.5, 0.6) is 0 Å². The Morgan fingerprint density at radius 1 is 1.53 bits per heavy atom. The highest BCUT2D eigenvalue weighted by Crippen LogP contribution is 2.20. The van der Waals surface area contributed by atoms with Gasteiger partial charge in [0.05, 0.1) is 5.69 Å². The van der Waals surface area contributed by atoms with Gasteiger partial charge >= 0.3 is 0 Å². The Morgan fingerprint density at radius 2 is 2.26 bits per heavy atom. The lowest BCUT2D eigenvalue weighted by molar-refractivity contribution is -0.119. The Balaban J connectivity index is 2.20. The van der Waals surface area contributed by atoms with Crippen molar-refractivity contribution in [3.8, 4) is 0 Å². The van der Waals surface area contributed by atoms with Crippen molar-refractivity contribution < 1.29 is 4.79 Å². The number of anilines is 1. The molecule has 0 aliphatic rings. The highest BCUT2D eigenvalue weighted by Gasteiger charge is 2.19. The van der Waals surface area contributed by atoms with E-state index in [1.54, 1.807) is 27.8 Å². The maximum Gasteiger partial charge on any atom is 0.250 e. The number of carbonyl (C=O) groups excluding carboxylic acids is 1. The zero-order valence-corrected chi connectivity index (χ0v) is 11.7. The predicted octanol–water partition coefficient (Wildman–Crippen LogP) is 1.69. The Kier molecular flexibility index (Phi) is 3.69. The number of carbonyl (C=O) groups is 1. The second-order valence-electron chi connectivity index (χ2n) is 4.54. The number of hydrogen-bond acceptors (Lipinski definition) is 3. The molecule has 1 amide bonds. The van der Waals surface area contributed by atoms with E-state index in [9.17, 15) is 4.79 Å². The fourth-order valence-electron chi connectivity index (χ4n) is 2.13. The minimum atomic E-state index is -0.352. The summed E-state index contributed by atoms with van der Waals surface area (Å²) in [5.74, 6) is 0.672. The van der Waals surface area contributed by atoms with Gasteiger partial charge < -0.3 is 5.32 Å². The zero-order valence-electron chi connectivity index (χ0n) is 11.7. The van der Waals surface area contributed by atoms with Gasteiger partial charge in [0, 0.05) is 25.0 Å². The minimum absolute atomic E-state index is 0.0959. The summed E-state index contributed by atoms with van der Waals surface area (Å²) in [5.41, 5.74) is 2.02. The van der Waals surface area contributed by atoms with E-state index in [-0.39, 0.29) is 11.9 Å². The van der Waals surface area contributed by atoms with E-state index >= 15 is 0 Å². The fourth-order valence-corrected chi connectivity index (χ4v) is 2.13. The van der Waals surface area contributed by atoms with Gasteiger partial charge in [0.2, 0.25) is 5.91 Å². The van der Waals surface area contributed by atoms with Crippen LogP contribution >= 0.6 is 0 Å². The van der Waals surface area contributed by atoms with Gasteiger partial charge in [0.25, 0.3) is 0 Å². The highest BCUT2D eigenvalue weighted by molar-refractivity contribution is 5.93. The zero-order chi connectivity index (χ0) is 14.0. The SMILES string of the molecule is CCc1c(C)nn(C)c1NC(=O)C(C)n1cccn1. The van der Waals surface area contributed by atoms with Crippen LogP contribution in [0.3, 0.4) is 0 Å². The molecule has 0 saturated carbocycles. The molecule has 2 aromatic rings. The van der Waals surface area contributed by atoms with Crippen LogP contribution in [0.15, 0.2) is 18.5 Å². The Labute approximate surface area is 112 Å². The highest BCUT2D eigenvalue weighted by atomic mass is 16.2. The topological polar surface area (TPSA) is 64.7 Å². The van der Waals surface area contributed by atoms with E-state index in [0.29, 0.717) is 0 Å². The van der Waals surface area contributed by atoms with Gasteiger partial charge in [-0.25, -0.2) is 0 Å². The van der Waals surface area contributed by atoms with E-state index in [1.165, 1.54) is 0 Å². The molecule has 1 atom stereocenters. The quantitative estimate of drug-likeness (QED) is 0.910. The van der Waals surface area contributed by atoms with Crippen LogP contribution < -0.4 is 5.32 Å². The second kappa shape index (κ2) is 5.26. The fraction of sp³-hybridized carbons (Fsp3) is 0.462. The molecule has 0 bridgehead atoms. The Hall–Kier alpha value is -2.11. The largest absolute Gasteiger partial charge is 0.309 e. The van der Waals surface area contributed by atoms with Crippen molar-refractivity contribution in [3.05, 3.63) is 29.7 Å². The first-order valence-corrected chi connectivity index (χ1v) is 6.37. The maximum absolute atomic E-state index is 12.2. The second-order valence-corrected chi connectivity index (χ2v) is 4.54.